The summed E-state index contributed by atoms with van der Waals surface area (Å²) < 4.78 is 5.10. The van der Waals surface area contributed by atoms with E-state index < -0.39 is 5.97 Å². The van der Waals surface area contributed by atoms with Crippen LogP contribution in [0.25, 0.3) is 0 Å². The van der Waals surface area contributed by atoms with E-state index in [0.29, 0.717) is 12.5 Å². The molecule has 0 radical (unpaired) electrons. The van der Waals surface area contributed by atoms with Crippen LogP contribution >= 0.6 is 11.3 Å². The lowest BCUT2D eigenvalue weighted by Crippen LogP contribution is -2.34. The molecule has 1 aliphatic rings. The second kappa shape index (κ2) is 6.34. The van der Waals surface area contributed by atoms with Gasteiger partial charge in [0.25, 0.3) is 0 Å². The molecule has 2 rings (SSSR count). The van der Waals surface area contributed by atoms with E-state index >= 15 is 0 Å². The molecule has 1 saturated heterocycles. The molecule has 1 unspecified atom stereocenters. The van der Waals surface area contributed by atoms with Crippen LogP contribution in [-0.2, 0) is 22.6 Å². The molecule has 5 nitrogen and oxygen atoms in total. The number of methoxy groups -OCH3 is 1. The Morgan fingerprint density at radius 1 is 1.63 bits per heavy atom. The Bertz CT molecular complexity index is 447. The third-order valence-corrected chi connectivity index (χ3v) is 4.45. The van der Waals surface area contributed by atoms with Gasteiger partial charge in [-0.3, -0.25) is 4.79 Å². The number of hydrogen-bond acceptors (Lipinski definition) is 5. The number of hydrogen-bond donors (Lipinski definition) is 1. The van der Waals surface area contributed by atoms with Gasteiger partial charge in [-0.2, -0.15) is 0 Å². The molecular formula is C13H20N2O3S. The summed E-state index contributed by atoms with van der Waals surface area (Å²) in [4.78, 5) is 18.5. The molecule has 0 spiro atoms. The largest absolute Gasteiger partial charge is 0.481 e. The minimum absolute atomic E-state index is 0.0275. The Morgan fingerprint density at radius 3 is 3.05 bits per heavy atom. The number of ether oxygens (including phenoxy) is 1. The monoisotopic (exact) mass is 284 g/mol. The Labute approximate surface area is 117 Å². The van der Waals surface area contributed by atoms with Gasteiger partial charge in [-0.25, -0.2) is 4.98 Å². The molecule has 19 heavy (non-hydrogen) atoms. The summed E-state index contributed by atoms with van der Waals surface area (Å²) in [7, 11) is 1.60. The van der Waals surface area contributed by atoms with Gasteiger partial charge in [-0.1, -0.05) is 6.92 Å². The maximum atomic E-state index is 10.9. The summed E-state index contributed by atoms with van der Waals surface area (Å²) in [5, 5.41) is 9.89. The third kappa shape index (κ3) is 3.67. The number of carbonyl (C=O) groups is 1. The van der Waals surface area contributed by atoms with E-state index in [-0.39, 0.29) is 6.42 Å². The first kappa shape index (κ1) is 14.3. The molecule has 1 aliphatic heterocycles. The van der Waals surface area contributed by atoms with Crippen molar-refractivity contribution in [1.82, 2.24) is 4.98 Å². The Kier molecular flexibility index (Phi) is 4.76. The maximum Gasteiger partial charge on any atom is 0.308 e. The van der Waals surface area contributed by atoms with Crippen LogP contribution in [-0.4, -0.2) is 36.3 Å². The summed E-state index contributed by atoms with van der Waals surface area (Å²) in [5.74, 6) is -0.147. The van der Waals surface area contributed by atoms with Crippen LogP contribution in [0.1, 0.15) is 30.3 Å². The topological polar surface area (TPSA) is 62.7 Å². The SMILES string of the molecule is COCc1nc(N2CCCC(C)C2)sc1CC(=O)O. The van der Waals surface area contributed by atoms with Crippen molar-refractivity contribution < 1.29 is 14.6 Å². The molecular weight excluding hydrogens is 264 g/mol. The van der Waals surface area contributed by atoms with Gasteiger partial charge in [0, 0.05) is 25.1 Å². The third-order valence-electron chi connectivity index (χ3n) is 3.29. The van der Waals surface area contributed by atoms with Crippen molar-refractivity contribution in [3.8, 4) is 0 Å². The average Bonchev–Trinajstić information content (AvgIpc) is 2.72. The van der Waals surface area contributed by atoms with E-state index in [0.717, 1.165) is 28.8 Å². The minimum Gasteiger partial charge on any atom is -0.481 e. The lowest BCUT2D eigenvalue weighted by molar-refractivity contribution is -0.136. The summed E-state index contributed by atoms with van der Waals surface area (Å²) in [6.07, 6.45) is 2.46. The highest BCUT2D eigenvalue weighted by Crippen LogP contribution is 2.30. The maximum absolute atomic E-state index is 10.9. The van der Waals surface area contributed by atoms with Gasteiger partial charge in [0.1, 0.15) is 0 Å². The average molecular weight is 284 g/mol. The Morgan fingerprint density at radius 2 is 2.42 bits per heavy atom. The number of rotatable bonds is 5. The first-order valence-corrected chi connectivity index (χ1v) is 7.36. The number of aromatic nitrogens is 1. The fourth-order valence-corrected chi connectivity index (χ4v) is 3.48. The molecule has 2 heterocycles. The van der Waals surface area contributed by atoms with E-state index in [1.165, 1.54) is 24.2 Å². The van der Waals surface area contributed by atoms with Crippen molar-refractivity contribution in [2.75, 3.05) is 25.1 Å². The number of aliphatic carboxylic acids is 1. The Balaban J connectivity index is 2.18. The van der Waals surface area contributed by atoms with Crippen molar-refractivity contribution in [1.29, 1.82) is 0 Å². The zero-order valence-electron chi connectivity index (χ0n) is 11.4. The molecule has 0 aromatic carbocycles. The highest BCUT2D eigenvalue weighted by molar-refractivity contribution is 7.15. The lowest BCUT2D eigenvalue weighted by atomic mass is 10.0. The predicted octanol–water partition coefficient (Wildman–Crippen LogP) is 2.15. The quantitative estimate of drug-likeness (QED) is 0.897. The number of nitrogens with zero attached hydrogens (tertiary/aromatic N) is 2. The zero-order valence-corrected chi connectivity index (χ0v) is 12.2. The van der Waals surface area contributed by atoms with E-state index in [2.05, 4.69) is 16.8 Å². The fourth-order valence-electron chi connectivity index (χ4n) is 2.39. The number of carboxylic acid groups (broad SMARTS) is 1. The normalized spacial score (nSPS) is 19.7. The molecule has 1 atom stereocenters. The molecule has 0 aliphatic carbocycles. The standard InChI is InChI=1S/C13H20N2O3S/c1-9-4-3-5-15(7-9)13-14-10(8-18-2)11(19-13)6-12(16)17/h9H,3-8H2,1-2H3,(H,16,17). The van der Waals surface area contributed by atoms with Gasteiger partial charge in [0.05, 0.1) is 18.7 Å². The van der Waals surface area contributed by atoms with Crippen LogP contribution in [0.2, 0.25) is 0 Å². The van der Waals surface area contributed by atoms with Crippen LogP contribution < -0.4 is 4.90 Å². The van der Waals surface area contributed by atoms with Crippen molar-refractivity contribution >= 4 is 22.4 Å². The molecule has 1 aromatic rings. The predicted molar refractivity (Wildman–Crippen MR) is 74.8 cm³/mol. The zero-order chi connectivity index (χ0) is 13.8. The van der Waals surface area contributed by atoms with Gasteiger partial charge < -0.3 is 14.7 Å². The summed E-state index contributed by atoms with van der Waals surface area (Å²) in [6.45, 7) is 4.64. The van der Waals surface area contributed by atoms with Crippen molar-refractivity contribution in [2.24, 2.45) is 5.92 Å². The number of carboxylic acids is 1. The second-order valence-electron chi connectivity index (χ2n) is 5.06. The highest BCUT2D eigenvalue weighted by atomic mass is 32.1. The molecule has 0 saturated carbocycles. The number of anilines is 1. The lowest BCUT2D eigenvalue weighted by Gasteiger charge is -2.30. The molecule has 1 aromatic heterocycles. The van der Waals surface area contributed by atoms with Gasteiger partial charge in [0.2, 0.25) is 0 Å². The van der Waals surface area contributed by atoms with Crippen molar-refractivity contribution in [3.05, 3.63) is 10.6 Å². The van der Waals surface area contributed by atoms with Crippen molar-refractivity contribution in [2.45, 2.75) is 32.8 Å². The summed E-state index contributed by atoms with van der Waals surface area (Å²) >= 11 is 1.49. The summed E-state index contributed by atoms with van der Waals surface area (Å²) in [6, 6.07) is 0. The Hall–Kier alpha value is -1.14. The first-order valence-electron chi connectivity index (χ1n) is 6.54. The molecule has 6 heteroatoms. The fraction of sp³-hybridized carbons (Fsp3) is 0.692. The van der Waals surface area contributed by atoms with Gasteiger partial charge in [-0.15, -0.1) is 11.3 Å². The molecule has 1 fully saturated rings. The van der Waals surface area contributed by atoms with E-state index in [1.807, 2.05) is 0 Å². The molecule has 0 bridgehead atoms. The first-order chi connectivity index (χ1) is 9.10. The van der Waals surface area contributed by atoms with Crippen LogP contribution in [0.3, 0.4) is 0 Å². The minimum atomic E-state index is -0.820. The van der Waals surface area contributed by atoms with Gasteiger partial charge in [0.15, 0.2) is 5.13 Å². The van der Waals surface area contributed by atoms with Crippen LogP contribution in [0.15, 0.2) is 0 Å². The van der Waals surface area contributed by atoms with Crippen LogP contribution in [0, 0.1) is 5.92 Å². The van der Waals surface area contributed by atoms with Gasteiger partial charge in [-0.05, 0) is 18.8 Å². The molecule has 106 valence electrons. The smallest absolute Gasteiger partial charge is 0.308 e. The number of piperidine rings is 1. The van der Waals surface area contributed by atoms with Crippen LogP contribution in [0.4, 0.5) is 5.13 Å². The van der Waals surface area contributed by atoms with Crippen LogP contribution in [0.5, 0.6) is 0 Å². The second-order valence-corrected chi connectivity index (χ2v) is 6.13. The number of thiazole rings is 1. The summed E-state index contributed by atoms with van der Waals surface area (Å²) in [5.41, 5.74) is 0.767. The van der Waals surface area contributed by atoms with E-state index in [4.69, 9.17) is 9.84 Å². The highest BCUT2D eigenvalue weighted by Gasteiger charge is 2.22. The van der Waals surface area contributed by atoms with Crippen molar-refractivity contribution in [3.63, 3.8) is 0 Å². The molecule has 0 amide bonds. The van der Waals surface area contributed by atoms with E-state index in [9.17, 15) is 4.79 Å². The molecule has 1 N–H and O–H groups in total. The van der Waals surface area contributed by atoms with E-state index in [1.54, 1.807) is 7.11 Å². The van der Waals surface area contributed by atoms with Gasteiger partial charge >= 0.3 is 5.97 Å².